The van der Waals surface area contributed by atoms with Crippen molar-refractivity contribution in [1.29, 1.82) is 0 Å². The fraction of sp³-hybridized carbons (Fsp3) is 0.250. The van der Waals surface area contributed by atoms with Crippen LogP contribution in [0.3, 0.4) is 0 Å². The van der Waals surface area contributed by atoms with Gasteiger partial charge in [0.15, 0.2) is 11.5 Å². The average Bonchev–Trinajstić information content (AvgIpc) is 3.29. The number of sulfonamides is 1. The Morgan fingerprint density at radius 3 is 2.57 bits per heavy atom. The third-order valence-electron chi connectivity index (χ3n) is 5.65. The van der Waals surface area contributed by atoms with Crippen LogP contribution in [-0.2, 0) is 23.0 Å². The van der Waals surface area contributed by atoms with E-state index in [0.717, 1.165) is 12.0 Å². The van der Waals surface area contributed by atoms with Gasteiger partial charge in [-0.3, -0.25) is 4.72 Å². The molecule has 0 radical (unpaired) electrons. The minimum Gasteiger partial charge on any atom is -0.477 e. The van der Waals surface area contributed by atoms with Gasteiger partial charge in [0.1, 0.15) is 11.4 Å². The molecule has 4 aromatic rings. The fourth-order valence-electron chi connectivity index (χ4n) is 4.03. The number of carboxylic acids is 1. The zero-order chi connectivity index (χ0) is 27.1. The van der Waals surface area contributed by atoms with Crippen LogP contribution in [0.4, 0.5) is 18.9 Å². The number of aryl methyl sites for hydroxylation is 2. The highest BCUT2D eigenvalue weighted by molar-refractivity contribution is 9.10. The van der Waals surface area contributed by atoms with E-state index in [1.165, 1.54) is 24.3 Å². The van der Waals surface area contributed by atoms with E-state index in [0.29, 0.717) is 33.4 Å². The zero-order valence-electron chi connectivity index (χ0n) is 19.6. The lowest BCUT2D eigenvalue weighted by Crippen LogP contribution is -2.30. The normalized spacial score (nSPS) is 12.3. The van der Waals surface area contributed by atoms with Crippen LogP contribution in [-0.4, -0.2) is 34.6 Å². The number of aromatic carboxylic acids is 1. The number of carbonyl (C=O) groups is 1. The van der Waals surface area contributed by atoms with Crippen molar-refractivity contribution in [3.05, 3.63) is 69.7 Å². The lowest BCUT2D eigenvalue weighted by Gasteiger charge is -2.13. The van der Waals surface area contributed by atoms with Crippen molar-refractivity contribution >= 4 is 48.6 Å². The molecule has 0 spiro atoms. The van der Waals surface area contributed by atoms with Gasteiger partial charge in [0.25, 0.3) is 0 Å². The first kappa shape index (κ1) is 26.7. The van der Waals surface area contributed by atoms with Crippen LogP contribution in [0.2, 0.25) is 0 Å². The minimum absolute atomic E-state index is 0.0985. The maximum atomic E-state index is 13.0. The number of nitrogens with one attached hydrogen (secondary N) is 1. The van der Waals surface area contributed by atoms with Gasteiger partial charge in [-0.2, -0.15) is 21.6 Å². The van der Waals surface area contributed by atoms with Crippen molar-refractivity contribution in [2.75, 3.05) is 4.72 Å². The lowest BCUT2D eigenvalue weighted by molar-refractivity contribution is -0.0429. The summed E-state index contributed by atoms with van der Waals surface area (Å²) in [6.45, 7) is 3.84. The number of nitrogens with zero attached hydrogens (tertiary/aromatic N) is 2. The van der Waals surface area contributed by atoms with Gasteiger partial charge >= 0.3 is 21.5 Å². The van der Waals surface area contributed by atoms with E-state index in [2.05, 4.69) is 20.9 Å². The molecule has 0 unspecified atom stereocenters. The Morgan fingerprint density at radius 1 is 1.22 bits per heavy atom. The molecular weight excluding hydrogens is 579 g/mol. The first-order valence-corrected chi connectivity index (χ1v) is 13.3. The number of halogens is 4. The summed E-state index contributed by atoms with van der Waals surface area (Å²) in [5, 5.41) is 10.3. The van der Waals surface area contributed by atoms with Crippen molar-refractivity contribution in [3.8, 4) is 11.3 Å². The van der Waals surface area contributed by atoms with Crippen molar-refractivity contribution in [1.82, 2.24) is 9.55 Å². The van der Waals surface area contributed by atoms with Crippen LogP contribution >= 0.6 is 15.9 Å². The van der Waals surface area contributed by atoms with Gasteiger partial charge in [0.2, 0.25) is 0 Å². The number of hydrogen-bond acceptors (Lipinski definition) is 5. The third-order valence-corrected chi connectivity index (χ3v) is 7.54. The number of fused-ring (bicyclic) bond motifs is 1. The number of imidazole rings is 1. The van der Waals surface area contributed by atoms with Gasteiger partial charge in [0.05, 0.1) is 15.9 Å². The maximum Gasteiger partial charge on any atom is 0.516 e. The van der Waals surface area contributed by atoms with E-state index in [-0.39, 0.29) is 29.2 Å². The summed E-state index contributed by atoms with van der Waals surface area (Å²) < 4.78 is 71.8. The van der Waals surface area contributed by atoms with Gasteiger partial charge in [-0.25, -0.2) is 9.78 Å². The first-order valence-electron chi connectivity index (χ1n) is 11.0. The molecule has 4 rings (SSSR count). The quantitative estimate of drug-likeness (QED) is 0.245. The minimum atomic E-state index is -5.65. The third kappa shape index (κ3) is 5.10. The fourth-order valence-corrected chi connectivity index (χ4v) is 5.22. The Labute approximate surface area is 218 Å². The van der Waals surface area contributed by atoms with E-state index in [4.69, 9.17) is 4.42 Å². The van der Waals surface area contributed by atoms with E-state index in [9.17, 15) is 31.5 Å². The molecule has 0 saturated heterocycles. The SMILES string of the molecule is CCCc1nc(C)c(C(=O)O)n1Cc1ccc2oc(-c3ccccc3NS(=O)(=O)C(F)(F)F)c(Br)c2c1. The molecule has 0 fully saturated rings. The molecule has 2 aromatic carbocycles. The van der Waals surface area contributed by atoms with Crippen LogP contribution in [0, 0.1) is 6.92 Å². The van der Waals surface area contributed by atoms with Crippen LogP contribution in [0.5, 0.6) is 0 Å². The number of furan rings is 1. The van der Waals surface area contributed by atoms with Crippen LogP contribution in [0.15, 0.2) is 51.4 Å². The lowest BCUT2D eigenvalue weighted by atomic mass is 10.1. The molecule has 0 amide bonds. The highest BCUT2D eigenvalue weighted by Crippen LogP contribution is 2.42. The molecule has 2 heterocycles. The molecule has 2 N–H and O–H groups in total. The predicted molar refractivity (Wildman–Crippen MR) is 135 cm³/mol. The van der Waals surface area contributed by atoms with Crippen molar-refractivity contribution in [3.63, 3.8) is 0 Å². The maximum absolute atomic E-state index is 13.0. The second-order valence-electron chi connectivity index (χ2n) is 8.28. The summed E-state index contributed by atoms with van der Waals surface area (Å²) in [6.07, 6.45) is 1.38. The molecule has 2 aromatic heterocycles. The number of hydrogen-bond donors (Lipinski definition) is 2. The number of benzene rings is 2. The number of rotatable bonds is 8. The molecule has 13 heteroatoms. The number of anilines is 1. The van der Waals surface area contributed by atoms with Gasteiger partial charge in [-0.1, -0.05) is 25.1 Å². The number of aromatic nitrogens is 2. The predicted octanol–water partition coefficient (Wildman–Crippen LogP) is 6.33. The summed E-state index contributed by atoms with van der Waals surface area (Å²) in [5.74, 6) is -0.308. The first-order chi connectivity index (χ1) is 17.3. The van der Waals surface area contributed by atoms with Crippen LogP contribution in [0.25, 0.3) is 22.3 Å². The highest BCUT2D eigenvalue weighted by atomic mass is 79.9. The van der Waals surface area contributed by atoms with E-state index >= 15 is 0 Å². The topological polar surface area (TPSA) is 114 Å². The van der Waals surface area contributed by atoms with Gasteiger partial charge in [-0.05, 0) is 59.1 Å². The number of para-hydroxylation sites is 1. The van der Waals surface area contributed by atoms with Gasteiger partial charge in [0, 0.05) is 23.9 Å². The van der Waals surface area contributed by atoms with Gasteiger partial charge in [-0.15, -0.1) is 0 Å². The van der Waals surface area contributed by atoms with E-state index < -0.39 is 21.5 Å². The standard InChI is InChI=1S/C24H21BrF3N3O5S/c1-3-6-19-29-13(2)21(23(32)33)31(19)12-14-9-10-18-16(11-14)20(25)22(36-18)15-7-4-5-8-17(15)30-37(34,35)24(26,27)28/h4-5,7-11,30H,3,6,12H2,1-2H3,(H,32,33). The molecule has 0 atom stereocenters. The Morgan fingerprint density at radius 2 is 1.92 bits per heavy atom. The summed E-state index contributed by atoms with van der Waals surface area (Å²) in [6, 6.07) is 10.7. The second-order valence-corrected chi connectivity index (χ2v) is 10.7. The Balaban J connectivity index is 1.77. The number of alkyl halides is 3. The average molecular weight is 600 g/mol. The van der Waals surface area contributed by atoms with Crippen molar-refractivity contribution in [2.24, 2.45) is 0 Å². The molecule has 0 aliphatic rings. The zero-order valence-corrected chi connectivity index (χ0v) is 22.0. The summed E-state index contributed by atoms with van der Waals surface area (Å²) in [4.78, 5) is 16.3. The van der Waals surface area contributed by atoms with E-state index in [1.54, 1.807) is 34.4 Å². The van der Waals surface area contributed by atoms with Crippen LogP contribution < -0.4 is 4.72 Å². The Bertz CT molecular complexity index is 1610. The summed E-state index contributed by atoms with van der Waals surface area (Å²) in [5.41, 5.74) is -4.04. The molecule has 0 aliphatic carbocycles. The number of carboxylic acid groups (broad SMARTS) is 1. The summed E-state index contributed by atoms with van der Waals surface area (Å²) in [7, 11) is -5.65. The molecule has 0 saturated carbocycles. The van der Waals surface area contributed by atoms with Crippen LogP contribution in [0.1, 0.15) is 40.9 Å². The molecule has 37 heavy (non-hydrogen) atoms. The molecule has 0 bridgehead atoms. The van der Waals surface area contributed by atoms with E-state index in [1.807, 2.05) is 6.92 Å². The highest BCUT2D eigenvalue weighted by Gasteiger charge is 2.46. The van der Waals surface area contributed by atoms with Crippen molar-refractivity contribution in [2.45, 2.75) is 38.7 Å². The largest absolute Gasteiger partial charge is 0.516 e. The summed E-state index contributed by atoms with van der Waals surface area (Å²) >= 11 is 3.44. The Kier molecular flexibility index (Phi) is 7.12. The molecular formula is C24H21BrF3N3O5S. The van der Waals surface area contributed by atoms with Gasteiger partial charge < -0.3 is 14.1 Å². The smallest absolute Gasteiger partial charge is 0.477 e. The molecule has 0 aliphatic heterocycles. The second kappa shape index (κ2) is 9.86. The monoisotopic (exact) mass is 599 g/mol. The molecule has 8 nitrogen and oxygen atoms in total. The van der Waals surface area contributed by atoms with Crippen molar-refractivity contribution < 1.29 is 35.9 Å². The molecule has 196 valence electrons. The Hall–Kier alpha value is -3.32.